The molecule has 0 aromatic heterocycles. The number of carbonyl (C=O) groups is 2. The number of halogens is 1. The molecule has 47 heavy (non-hydrogen) atoms. The zero-order chi connectivity index (χ0) is 33.1. The number of amides is 2. The van der Waals surface area contributed by atoms with E-state index < -0.39 is 0 Å². The van der Waals surface area contributed by atoms with Crippen LogP contribution in [0.25, 0.3) is 6.08 Å². The van der Waals surface area contributed by atoms with Crippen LogP contribution in [0.2, 0.25) is 0 Å². The van der Waals surface area contributed by atoms with Crippen LogP contribution in [0.3, 0.4) is 0 Å². The van der Waals surface area contributed by atoms with Gasteiger partial charge in [0.25, 0.3) is 0 Å². The lowest BCUT2D eigenvalue weighted by molar-refractivity contribution is -0.144. The van der Waals surface area contributed by atoms with E-state index in [1.54, 1.807) is 19.1 Å². The number of rotatable bonds is 12. The first-order valence-corrected chi connectivity index (χ1v) is 18.1. The van der Waals surface area contributed by atoms with Gasteiger partial charge in [-0.05, 0) is 95.5 Å². The molecule has 0 unspecified atom stereocenters. The molecule has 4 aliphatic rings. The number of allylic oxidation sites excluding steroid dienone is 1. The number of hydrogen-bond donors (Lipinski definition) is 1. The van der Waals surface area contributed by atoms with Crippen molar-refractivity contribution in [3.8, 4) is 11.5 Å². The van der Waals surface area contributed by atoms with Crippen LogP contribution in [0.4, 0.5) is 0 Å². The molecule has 9 heteroatoms. The average Bonchev–Trinajstić information content (AvgIpc) is 3.60. The molecule has 2 amide bonds. The minimum atomic E-state index is -0.345. The van der Waals surface area contributed by atoms with Gasteiger partial charge in [0.2, 0.25) is 11.8 Å². The maximum absolute atomic E-state index is 14.1. The van der Waals surface area contributed by atoms with Crippen molar-refractivity contribution in [2.45, 2.75) is 70.6 Å². The van der Waals surface area contributed by atoms with E-state index >= 15 is 0 Å². The molecule has 3 saturated heterocycles. The van der Waals surface area contributed by atoms with E-state index in [1.165, 1.54) is 16.7 Å². The van der Waals surface area contributed by atoms with Crippen LogP contribution in [-0.2, 0) is 25.6 Å². The monoisotopic (exact) mass is 754 g/mol. The topological polar surface area (TPSA) is 88.5 Å². The number of benzene rings is 2. The second-order valence-corrected chi connectivity index (χ2v) is 14.6. The van der Waals surface area contributed by atoms with Crippen LogP contribution < -0.4 is 4.74 Å². The van der Waals surface area contributed by atoms with Gasteiger partial charge in [0.1, 0.15) is 0 Å². The third kappa shape index (κ3) is 7.19. The van der Waals surface area contributed by atoms with Crippen molar-refractivity contribution in [2.24, 2.45) is 17.8 Å². The Bertz CT molecular complexity index is 1520. The highest BCUT2D eigenvalue weighted by Crippen LogP contribution is 2.50. The summed E-state index contributed by atoms with van der Waals surface area (Å²) in [6, 6.07) is 14.3. The minimum absolute atomic E-state index is 0.00439. The summed E-state index contributed by atoms with van der Waals surface area (Å²) in [4.78, 5) is 32.2. The summed E-state index contributed by atoms with van der Waals surface area (Å²) in [7, 11) is 3.27. The Balaban J connectivity index is 1.15. The van der Waals surface area contributed by atoms with E-state index in [4.69, 9.17) is 14.2 Å². The third-order valence-electron chi connectivity index (χ3n) is 10.5. The van der Waals surface area contributed by atoms with Gasteiger partial charge in [-0.2, -0.15) is 0 Å². The maximum atomic E-state index is 14.1. The summed E-state index contributed by atoms with van der Waals surface area (Å²) in [6.45, 7) is 5.76. The number of nitrogens with zero attached hydrogens (tertiary/aromatic N) is 2. The molecule has 252 valence electrons. The van der Waals surface area contributed by atoms with Crippen molar-refractivity contribution >= 4 is 40.5 Å². The molecular formula is C38H47IN2O6. The smallest absolute Gasteiger partial charge is 0.234 e. The molecule has 2 aromatic carbocycles. The maximum Gasteiger partial charge on any atom is 0.234 e. The summed E-state index contributed by atoms with van der Waals surface area (Å²) in [6.07, 6.45) is 7.93. The van der Waals surface area contributed by atoms with Gasteiger partial charge < -0.3 is 19.3 Å². The Morgan fingerprint density at radius 3 is 2.53 bits per heavy atom. The zero-order valence-corrected chi connectivity index (χ0v) is 29.9. The molecule has 3 heterocycles. The van der Waals surface area contributed by atoms with E-state index in [2.05, 4.69) is 64.8 Å². The van der Waals surface area contributed by atoms with E-state index in [0.29, 0.717) is 25.4 Å². The second-order valence-electron chi connectivity index (χ2n) is 13.4. The van der Waals surface area contributed by atoms with Crippen molar-refractivity contribution in [3.63, 3.8) is 0 Å². The third-order valence-corrected chi connectivity index (χ3v) is 11.3. The van der Waals surface area contributed by atoms with E-state index in [1.807, 2.05) is 18.2 Å². The summed E-state index contributed by atoms with van der Waals surface area (Å²) in [5, 5.41) is 10.3. The fourth-order valence-electron chi connectivity index (χ4n) is 8.32. The van der Waals surface area contributed by atoms with Crippen molar-refractivity contribution in [1.82, 2.24) is 9.80 Å². The first-order valence-electron chi connectivity index (χ1n) is 17.0. The van der Waals surface area contributed by atoms with Gasteiger partial charge in [-0.3, -0.25) is 19.4 Å². The van der Waals surface area contributed by atoms with Crippen molar-refractivity contribution < 1.29 is 28.9 Å². The number of hydrogen-bond acceptors (Lipinski definition) is 7. The molecule has 4 atom stereocenters. The number of imide groups is 1. The number of ether oxygens (including phenoxy) is 3. The largest absolute Gasteiger partial charge is 0.504 e. The highest BCUT2D eigenvalue weighted by atomic mass is 127. The first kappa shape index (κ1) is 34.1. The fourth-order valence-corrected chi connectivity index (χ4v) is 8.94. The number of methoxy groups -OCH3 is 2. The Morgan fingerprint density at radius 2 is 1.83 bits per heavy atom. The minimum Gasteiger partial charge on any atom is -0.504 e. The fraction of sp³-hybridized carbons (Fsp3) is 0.526. The highest BCUT2D eigenvalue weighted by Gasteiger charge is 2.58. The predicted octanol–water partition coefficient (Wildman–Crippen LogP) is 6.60. The van der Waals surface area contributed by atoms with Gasteiger partial charge in [-0.25, -0.2) is 0 Å². The molecule has 0 radical (unpaired) electrons. The molecule has 3 fully saturated rings. The summed E-state index contributed by atoms with van der Waals surface area (Å²) in [5.41, 5.74) is 5.94. The van der Waals surface area contributed by atoms with E-state index in [-0.39, 0.29) is 47.5 Å². The molecule has 0 bridgehead atoms. The summed E-state index contributed by atoms with van der Waals surface area (Å²) < 4.78 is 18.3. The van der Waals surface area contributed by atoms with E-state index in [9.17, 15) is 14.7 Å². The SMILES string of the molecule is CCC/C(=C\c1cc(I)c(O)c(OC)c1)CC[C@H]1OC[C@H]2C1=C(COC)C[C@H]1C(=O)N(C3CCN(Cc4ccccc4)CC3)C(=O)[C@H]12. The van der Waals surface area contributed by atoms with Gasteiger partial charge in [0.15, 0.2) is 11.5 Å². The average molecular weight is 755 g/mol. The number of aromatic hydroxyl groups is 1. The Labute approximate surface area is 292 Å². The van der Waals surface area contributed by atoms with Gasteiger partial charge in [-0.1, -0.05) is 55.3 Å². The number of carbonyl (C=O) groups excluding carboxylic acids is 2. The van der Waals surface area contributed by atoms with Gasteiger partial charge in [0, 0.05) is 38.7 Å². The van der Waals surface area contributed by atoms with Crippen LogP contribution in [-0.4, -0.2) is 79.4 Å². The predicted molar refractivity (Wildman–Crippen MR) is 190 cm³/mol. The lowest BCUT2D eigenvalue weighted by atomic mass is 9.69. The van der Waals surface area contributed by atoms with Crippen molar-refractivity contribution in [1.29, 1.82) is 0 Å². The molecule has 6 rings (SSSR count). The van der Waals surface area contributed by atoms with Crippen molar-refractivity contribution in [2.75, 3.05) is 40.5 Å². The highest BCUT2D eigenvalue weighted by molar-refractivity contribution is 14.1. The Kier molecular flexibility index (Phi) is 11.1. The van der Waals surface area contributed by atoms with E-state index in [0.717, 1.165) is 72.9 Å². The molecular weight excluding hydrogens is 707 g/mol. The quantitative estimate of drug-likeness (QED) is 0.149. The van der Waals surface area contributed by atoms with Crippen LogP contribution in [0, 0.1) is 21.3 Å². The number of phenols is 1. The van der Waals surface area contributed by atoms with Crippen LogP contribution >= 0.6 is 22.6 Å². The molecule has 0 spiro atoms. The number of fused-ring (bicyclic) bond motifs is 3. The van der Waals surface area contributed by atoms with Gasteiger partial charge in [0.05, 0.1) is 41.8 Å². The number of piperidine rings is 1. The summed E-state index contributed by atoms with van der Waals surface area (Å²) in [5.74, 6) is -0.110. The second kappa shape index (κ2) is 15.2. The molecule has 0 saturated carbocycles. The number of likely N-dealkylation sites (tertiary alicyclic amines) is 2. The Morgan fingerprint density at radius 1 is 1.06 bits per heavy atom. The van der Waals surface area contributed by atoms with Gasteiger partial charge in [-0.15, -0.1) is 0 Å². The van der Waals surface area contributed by atoms with Gasteiger partial charge >= 0.3 is 0 Å². The van der Waals surface area contributed by atoms with Crippen LogP contribution in [0.5, 0.6) is 11.5 Å². The van der Waals surface area contributed by atoms with Crippen LogP contribution in [0.15, 0.2) is 59.2 Å². The Hall–Kier alpha value is -2.73. The normalized spacial score (nSPS) is 25.4. The first-order chi connectivity index (χ1) is 22.8. The zero-order valence-electron chi connectivity index (χ0n) is 27.8. The molecule has 3 aliphatic heterocycles. The number of phenolic OH excluding ortho intramolecular Hbond substituents is 1. The molecule has 2 aromatic rings. The van der Waals surface area contributed by atoms with Crippen LogP contribution in [0.1, 0.15) is 63.0 Å². The lowest BCUT2D eigenvalue weighted by Crippen LogP contribution is -2.47. The molecule has 1 N–H and O–H groups in total. The molecule has 1 aliphatic carbocycles. The standard InChI is InChI=1S/C38H47IN2O6/c1-4-8-24(17-26-18-31(39)36(42)33(19-26)46-3)11-12-32-34-27(22-45-2)20-29-35(30(34)23-47-32)38(44)41(37(29)43)28-13-15-40(16-14-28)21-25-9-6-5-7-10-25/h5-7,9-10,17-19,28-30,32,35,42H,4,8,11-16,20-23H2,1-3H3/b24-17+/t29-,30+,32-,35-/m1/s1. The lowest BCUT2D eigenvalue weighted by Gasteiger charge is -2.36. The summed E-state index contributed by atoms with van der Waals surface area (Å²) >= 11 is 2.13. The molecule has 8 nitrogen and oxygen atoms in total. The van der Waals surface area contributed by atoms with Crippen molar-refractivity contribution in [3.05, 3.63) is 73.9 Å².